The molecule has 0 N–H and O–H groups in total. The van der Waals surface area contributed by atoms with Gasteiger partial charge in [-0.2, -0.15) is 0 Å². The van der Waals surface area contributed by atoms with E-state index in [2.05, 4.69) is 5.67 Å². The van der Waals surface area contributed by atoms with Gasteiger partial charge in [0.05, 0.1) is 13.2 Å². The molecule has 0 amide bonds. The Morgan fingerprint density at radius 2 is 1.53 bits per heavy atom. The fourth-order valence-electron chi connectivity index (χ4n) is 2.09. The second-order valence-electron chi connectivity index (χ2n) is 4.10. The second-order valence-corrected chi connectivity index (χ2v) is 5.65. The highest BCUT2D eigenvalue weighted by atomic mass is 28.3. The molecule has 3 heteroatoms. The molecule has 0 aromatic rings. The zero-order chi connectivity index (χ0) is 10.9. The third-order valence-corrected chi connectivity index (χ3v) is 4.73. The van der Waals surface area contributed by atoms with Crippen molar-refractivity contribution in [3.05, 3.63) is 0 Å². The maximum absolute atomic E-state index is 5.65. The van der Waals surface area contributed by atoms with Crippen molar-refractivity contribution in [2.45, 2.75) is 52.4 Å². The third kappa shape index (κ3) is 5.35. The average molecular weight is 228 g/mol. The molecule has 1 rings (SSSR count). The van der Waals surface area contributed by atoms with E-state index in [1.165, 1.54) is 38.5 Å². The average Bonchev–Trinajstić information content (AvgIpc) is 2.47. The van der Waals surface area contributed by atoms with Gasteiger partial charge in [0.25, 0.3) is 0 Å². The van der Waals surface area contributed by atoms with E-state index in [4.69, 9.17) is 8.85 Å². The molecule has 0 spiro atoms. The smallest absolute Gasteiger partial charge is 0.475 e. The van der Waals surface area contributed by atoms with Crippen LogP contribution in [0.4, 0.5) is 0 Å². The van der Waals surface area contributed by atoms with Crippen molar-refractivity contribution in [3.8, 4) is 0 Å². The van der Waals surface area contributed by atoms with Gasteiger partial charge in [0.2, 0.25) is 0 Å². The van der Waals surface area contributed by atoms with E-state index >= 15 is 0 Å². The summed E-state index contributed by atoms with van der Waals surface area (Å²) in [6, 6.07) is 0. The highest BCUT2D eigenvalue weighted by Gasteiger charge is 2.13. The Morgan fingerprint density at radius 1 is 1.00 bits per heavy atom. The molecule has 0 bridgehead atoms. The first-order valence-corrected chi connectivity index (χ1v) is 7.73. The van der Waals surface area contributed by atoms with Crippen LogP contribution in [0.3, 0.4) is 0 Å². The van der Waals surface area contributed by atoms with Gasteiger partial charge in [-0.3, -0.25) is 0 Å². The van der Waals surface area contributed by atoms with Crippen LogP contribution in [0, 0.1) is 5.92 Å². The fourth-order valence-corrected chi connectivity index (χ4v) is 3.66. The van der Waals surface area contributed by atoms with Crippen molar-refractivity contribution < 1.29 is 8.85 Å². The summed E-state index contributed by atoms with van der Waals surface area (Å²) >= 11 is 0. The molecule has 0 aromatic carbocycles. The van der Waals surface area contributed by atoms with Gasteiger partial charge in [-0.05, 0) is 38.3 Å². The van der Waals surface area contributed by atoms with E-state index in [0.29, 0.717) is 0 Å². The predicted molar refractivity (Wildman–Crippen MR) is 66.3 cm³/mol. The normalized spacial score (nSPS) is 18.0. The van der Waals surface area contributed by atoms with Gasteiger partial charge in [-0.25, -0.2) is 0 Å². The van der Waals surface area contributed by atoms with Crippen LogP contribution in [0.2, 0.25) is 0 Å². The second kappa shape index (κ2) is 7.91. The highest BCUT2D eigenvalue weighted by Crippen LogP contribution is 2.21. The maximum Gasteiger partial charge on any atom is 0.475 e. The van der Waals surface area contributed by atoms with Crippen molar-refractivity contribution in [3.63, 3.8) is 0 Å². The van der Waals surface area contributed by atoms with Gasteiger partial charge < -0.3 is 8.85 Å². The van der Waals surface area contributed by atoms with E-state index in [1.54, 1.807) is 0 Å². The zero-order valence-corrected chi connectivity index (χ0v) is 11.1. The molecule has 15 heavy (non-hydrogen) atoms. The molecule has 0 unspecified atom stereocenters. The molecule has 88 valence electrons. The van der Waals surface area contributed by atoms with Gasteiger partial charge >= 0.3 is 8.90 Å². The van der Waals surface area contributed by atoms with Gasteiger partial charge in [-0.15, -0.1) is 0 Å². The molecule has 2 nitrogen and oxygen atoms in total. The summed E-state index contributed by atoms with van der Waals surface area (Å²) in [4.78, 5) is 0. The van der Waals surface area contributed by atoms with E-state index in [0.717, 1.165) is 19.1 Å². The quantitative estimate of drug-likeness (QED) is 0.532. The number of hydrogen-bond acceptors (Lipinski definition) is 2. The molecule has 1 saturated carbocycles. The van der Waals surface area contributed by atoms with Crippen molar-refractivity contribution >= 4 is 14.6 Å². The lowest BCUT2D eigenvalue weighted by atomic mass is 10.0. The van der Waals surface area contributed by atoms with E-state index in [1.807, 2.05) is 13.8 Å². The first kappa shape index (κ1) is 12.8. The van der Waals surface area contributed by atoms with Crippen molar-refractivity contribution in [2.24, 2.45) is 5.92 Å². The van der Waals surface area contributed by atoms with Crippen LogP contribution >= 0.6 is 0 Å². The number of rotatable bonds is 5. The summed E-state index contributed by atoms with van der Waals surface area (Å²) in [7, 11) is -1.09. The minimum Gasteiger partial charge on any atom is -0.524 e. The Morgan fingerprint density at radius 3 is 2.00 bits per heavy atom. The van der Waals surface area contributed by atoms with Crippen LogP contribution in [-0.4, -0.2) is 27.8 Å². The molecule has 0 heterocycles. The van der Waals surface area contributed by atoms with Gasteiger partial charge in [-0.1, -0.05) is 25.7 Å². The molecule has 1 aliphatic rings. The van der Waals surface area contributed by atoms with E-state index in [9.17, 15) is 0 Å². The van der Waals surface area contributed by atoms with E-state index in [-0.39, 0.29) is 0 Å². The topological polar surface area (TPSA) is 18.5 Å². The summed E-state index contributed by atoms with van der Waals surface area (Å²) in [5, 5.41) is 0. The van der Waals surface area contributed by atoms with Crippen LogP contribution in [0.1, 0.15) is 52.4 Å². The lowest BCUT2D eigenvalue weighted by Crippen LogP contribution is -2.20. The standard InChI is InChI=1S/C12H24O2Si/c1-3-13-15(14-4-2)11-12-9-7-5-6-8-10-12/h11-12H,3-10H2,1-2H3. The molecule has 1 fully saturated rings. The van der Waals surface area contributed by atoms with Gasteiger partial charge in [0, 0.05) is 0 Å². The lowest BCUT2D eigenvalue weighted by Gasteiger charge is -2.12. The molecular formula is C12H24O2Si. The predicted octanol–water partition coefficient (Wildman–Crippen LogP) is 2.90. The first-order valence-electron chi connectivity index (χ1n) is 6.34. The van der Waals surface area contributed by atoms with Crippen molar-refractivity contribution in [2.75, 3.05) is 13.2 Å². The van der Waals surface area contributed by atoms with E-state index < -0.39 is 8.90 Å². The maximum atomic E-state index is 5.65. The summed E-state index contributed by atoms with van der Waals surface area (Å²) in [6.07, 6.45) is 8.27. The Bertz CT molecular complexity index is 176. The number of hydrogen-bond donors (Lipinski definition) is 0. The molecule has 0 aliphatic heterocycles. The first-order chi connectivity index (χ1) is 7.36. The van der Waals surface area contributed by atoms with Crippen LogP contribution in [-0.2, 0) is 8.85 Å². The molecule has 0 aromatic heterocycles. The largest absolute Gasteiger partial charge is 0.524 e. The highest BCUT2D eigenvalue weighted by molar-refractivity contribution is 6.54. The van der Waals surface area contributed by atoms with Gasteiger partial charge in [0.15, 0.2) is 0 Å². The summed E-state index contributed by atoms with van der Waals surface area (Å²) in [5.74, 6) is 0.750. The minimum absolute atomic E-state index is 0.750. The third-order valence-electron chi connectivity index (χ3n) is 2.84. The van der Waals surface area contributed by atoms with Crippen LogP contribution in [0.15, 0.2) is 0 Å². The van der Waals surface area contributed by atoms with Crippen LogP contribution < -0.4 is 0 Å². The molecule has 0 atom stereocenters. The Labute approximate surface area is 95.4 Å². The summed E-state index contributed by atoms with van der Waals surface area (Å²) < 4.78 is 11.3. The van der Waals surface area contributed by atoms with Crippen LogP contribution in [0.25, 0.3) is 0 Å². The molecule has 0 saturated heterocycles. The Balaban J connectivity index is 2.46. The SMILES string of the molecule is CCO[Si](=CC1CCCCCC1)OCC. The molecular weight excluding hydrogens is 204 g/mol. The van der Waals surface area contributed by atoms with Gasteiger partial charge in [0.1, 0.15) is 0 Å². The Kier molecular flexibility index (Phi) is 6.73. The zero-order valence-electron chi connectivity index (χ0n) is 10.1. The molecule has 1 aliphatic carbocycles. The van der Waals surface area contributed by atoms with Crippen LogP contribution in [0.5, 0.6) is 0 Å². The summed E-state index contributed by atoms with van der Waals surface area (Å²) in [6.45, 7) is 5.64. The Hall–Kier alpha value is -0.313. The van der Waals surface area contributed by atoms with Crippen molar-refractivity contribution in [1.82, 2.24) is 0 Å². The summed E-state index contributed by atoms with van der Waals surface area (Å²) in [5.41, 5.74) is 2.38. The minimum atomic E-state index is -1.09. The fraction of sp³-hybridized carbons (Fsp3) is 0.917. The van der Waals surface area contributed by atoms with Crippen molar-refractivity contribution in [1.29, 1.82) is 0 Å². The monoisotopic (exact) mass is 228 g/mol. The lowest BCUT2D eigenvalue weighted by molar-refractivity contribution is 0.234. The molecule has 0 radical (unpaired) electrons.